The molecule has 2 rings (SSSR count). The van der Waals surface area contributed by atoms with Crippen LogP contribution in [-0.4, -0.2) is 6.54 Å². The Hall–Kier alpha value is -1.81. The van der Waals surface area contributed by atoms with E-state index in [9.17, 15) is 4.39 Å². The first kappa shape index (κ1) is 15.6. The topological polar surface area (TPSA) is 34.4 Å². The summed E-state index contributed by atoms with van der Waals surface area (Å²) in [5.41, 5.74) is 1.91. The Bertz CT molecular complexity index is 592. The molecule has 1 N–H and O–H groups in total. The molecule has 21 heavy (non-hydrogen) atoms. The van der Waals surface area contributed by atoms with Crippen molar-refractivity contribution >= 4 is 0 Å². The molecular formula is C17H22FNO2. The number of nitrogens with one attached hydrogen (secondary N) is 1. The van der Waals surface area contributed by atoms with E-state index in [4.69, 9.17) is 9.15 Å². The van der Waals surface area contributed by atoms with Crippen molar-refractivity contribution in [3.63, 3.8) is 0 Å². The van der Waals surface area contributed by atoms with Gasteiger partial charge in [0, 0.05) is 11.6 Å². The third kappa shape index (κ3) is 4.33. The van der Waals surface area contributed by atoms with Crippen LogP contribution in [0.1, 0.15) is 36.0 Å². The molecule has 0 aliphatic heterocycles. The number of rotatable bonds is 7. The molecule has 0 aliphatic carbocycles. The van der Waals surface area contributed by atoms with E-state index < -0.39 is 0 Å². The third-order valence-electron chi connectivity index (χ3n) is 3.33. The minimum Gasteiger partial charge on any atom is -0.488 e. The molecule has 2 aromatic rings. The Morgan fingerprint density at radius 2 is 2.05 bits per heavy atom. The number of halogens is 1. The van der Waals surface area contributed by atoms with E-state index in [1.165, 1.54) is 12.1 Å². The monoisotopic (exact) mass is 291 g/mol. The van der Waals surface area contributed by atoms with Crippen LogP contribution in [0.25, 0.3) is 0 Å². The van der Waals surface area contributed by atoms with Crippen LogP contribution in [0.2, 0.25) is 0 Å². The molecule has 0 unspecified atom stereocenters. The number of hydrogen-bond acceptors (Lipinski definition) is 3. The molecule has 0 saturated heterocycles. The molecule has 0 atom stereocenters. The Kier molecular flexibility index (Phi) is 5.39. The average Bonchev–Trinajstić information content (AvgIpc) is 2.80. The fraction of sp³-hybridized carbons (Fsp3) is 0.412. The number of aryl methyl sites for hydroxylation is 2. The summed E-state index contributed by atoms with van der Waals surface area (Å²) in [6, 6.07) is 6.55. The Labute approximate surface area is 125 Å². The van der Waals surface area contributed by atoms with Crippen molar-refractivity contribution in [2.24, 2.45) is 0 Å². The second kappa shape index (κ2) is 7.27. The van der Waals surface area contributed by atoms with Crippen LogP contribution in [-0.2, 0) is 13.2 Å². The molecule has 1 aromatic heterocycles. The van der Waals surface area contributed by atoms with E-state index in [2.05, 4.69) is 12.2 Å². The van der Waals surface area contributed by atoms with Crippen LogP contribution < -0.4 is 10.1 Å². The molecule has 0 saturated carbocycles. The van der Waals surface area contributed by atoms with E-state index in [-0.39, 0.29) is 5.82 Å². The van der Waals surface area contributed by atoms with Crippen LogP contribution in [0.3, 0.4) is 0 Å². The maximum absolute atomic E-state index is 13.2. The molecular weight excluding hydrogens is 269 g/mol. The van der Waals surface area contributed by atoms with Gasteiger partial charge in [0.2, 0.25) is 0 Å². The summed E-state index contributed by atoms with van der Waals surface area (Å²) in [5.74, 6) is 2.03. The number of ether oxygens (including phenoxy) is 1. The first-order valence-electron chi connectivity index (χ1n) is 7.28. The van der Waals surface area contributed by atoms with E-state index in [0.717, 1.165) is 35.6 Å². The van der Waals surface area contributed by atoms with Gasteiger partial charge in [0.15, 0.2) is 0 Å². The van der Waals surface area contributed by atoms with Crippen LogP contribution in [0.5, 0.6) is 5.75 Å². The van der Waals surface area contributed by atoms with E-state index in [0.29, 0.717) is 18.9 Å². The highest BCUT2D eigenvalue weighted by Gasteiger charge is 2.09. The summed E-state index contributed by atoms with van der Waals surface area (Å²) in [5, 5.41) is 3.30. The highest BCUT2D eigenvalue weighted by atomic mass is 19.1. The lowest BCUT2D eigenvalue weighted by atomic mass is 10.2. The van der Waals surface area contributed by atoms with Gasteiger partial charge in [-0.25, -0.2) is 4.39 Å². The lowest BCUT2D eigenvalue weighted by molar-refractivity contribution is 0.299. The third-order valence-corrected chi connectivity index (χ3v) is 3.33. The first-order valence-corrected chi connectivity index (χ1v) is 7.28. The van der Waals surface area contributed by atoms with Gasteiger partial charge in [-0.15, -0.1) is 0 Å². The van der Waals surface area contributed by atoms with Gasteiger partial charge in [-0.05, 0) is 44.5 Å². The molecule has 0 bridgehead atoms. The molecule has 0 radical (unpaired) electrons. The average molecular weight is 291 g/mol. The summed E-state index contributed by atoms with van der Waals surface area (Å²) in [6.07, 6.45) is 1.09. The summed E-state index contributed by atoms with van der Waals surface area (Å²) in [7, 11) is 0. The van der Waals surface area contributed by atoms with Gasteiger partial charge in [0.05, 0.1) is 6.54 Å². The zero-order valence-electron chi connectivity index (χ0n) is 12.8. The lowest BCUT2D eigenvalue weighted by Crippen LogP contribution is -2.13. The van der Waals surface area contributed by atoms with Gasteiger partial charge in [-0.2, -0.15) is 0 Å². The van der Waals surface area contributed by atoms with Gasteiger partial charge < -0.3 is 14.5 Å². The standard InChI is InChI=1S/C17H22FNO2/c1-4-7-19-10-16-8-14(13(3)21-16)11-20-17-9-15(18)6-5-12(17)2/h5-6,8-9,19H,4,7,10-11H2,1-3H3. The number of benzene rings is 1. The predicted octanol–water partition coefficient (Wildman–Crippen LogP) is 4.11. The predicted molar refractivity (Wildman–Crippen MR) is 80.9 cm³/mol. The minimum atomic E-state index is -0.288. The van der Waals surface area contributed by atoms with Crippen LogP contribution in [0, 0.1) is 19.7 Å². The van der Waals surface area contributed by atoms with Crippen molar-refractivity contribution in [3.05, 3.63) is 52.7 Å². The van der Waals surface area contributed by atoms with Crippen molar-refractivity contribution in [2.45, 2.75) is 40.3 Å². The molecule has 1 heterocycles. The quantitative estimate of drug-likeness (QED) is 0.779. The fourth-order valence-corrected chi connectivity index (χ4v) is 2.09. The summed E-state index contributed by atoms with van der Waals surface area (Å²) >= 11 is 0. The molecule has 1 aromatic carbocycles. The van der Waals surface area contributed by atoms with Gasteiger partial charge >= 0.3 is 0 Å². The lowest BCUT2D eigenvalue weighted by Gasteiger charge is -2.08. The van der Waals surface area contributed by atoms with Crippen LogP contribution in [0.15, 0.2) is 28.7 Å². The largest absolute Gasteiger partial charge is 0.488 e. The fourth-order valence-electron chi connectivity index (χ4n) is 2.09. The summed E-state index contributed by atoms with van der Waals surface area (Å²) in [4.78, 5) is 0. The first-order chi connectivity index (χ1) is 10.1. The van der Waals surface area contributed by atoms with E-state index >= 15 is 0 Å². The SMILES string of the molecule is CCCNCc1cc(COc2cc(F)ccc2C)c(C)o1. The maximum Gasteiger partial charge on any atom is 0.126 e. The molecule has 0 aliphatic rings. The second-order valence-corrected chi connectivity index (χ2v) is 5.17. The van der Waals surface area contributed by atoms with Gasteiger partial charge in [-0.3, -0.25) is 0 Å². The zero-order chi connectivity index (χ0) is 15.2. The Balaban J connectivity index is 1.98. The molecule has 0 fully saturated rings. The van der Waals surface area contributed by atoms with Crippen LogP contribution >= 0.6 is 0 Å². The Morgan fingerprint density at radius 1 is 1.24 bits per heavy atom. The molecule has 0 amide bonds. The molecule has 4 heteroatoms. The highest BCUT2D eigenvalue weighted by molar-refractivity contribution is 5.33. The van der Waals surface area contributed by atoms with Crippen molar-refractivity contribution in [2.75, 3.05) is 6.54 Å². The number of hydrogen-bond donors (Lipinski definition) is 1. The summed E-state index contributed by atoms with van der Waals surface area (Å²) in [6.45, 7) is 8.01. The van der Waals surface area contributed by atoms with Gasteiger partial charge in [-0.1, -0.05) is 13.0 Å². The molecule has 0 spiro atoms. The van der Waals surface area contributed by atoms with Crippen LogP contribution in [0.4, 0.5) is 4.39 Å². The summed E-state index contributed by atoms with van der Waals surface area (Å²) < 4.78 is 24.6. The van der Waals surface area contributed by atoms with Gasteiger partial charge in [0.1, 0.15) is 29.7 Å². The smallest absolute Gasteiger partial charge is 0.126 e. The molecule has 3 nitrogen and oxygen atoms in total. The zero-order valence-corrected chi connectivity index (χ0v) is 12.8. The Morgan fingerprint density at radius 3 is 2.81 bits per heavy atom. The van der Waals surface area contributed by atoms with Crippen molar-refractivity contribution in [1.29, 1.82) is 0 Å². The van der Waals surface area contributed by atoms with E-state index in [1.54, 1.807) is 6.07 Å². The second-order valence-electron chi connectivity index (χ2n) is 5.17. The van der Waals surface area contributed by atoms with Gasteiger partial charge in [0.25, 0.3) is 0 Å². The normalized spacial score (nSPS) is 10.9. The van der Waals surface area contributed by atoms with E-state index in [1.807, 2.05) is 19.9 Å². The van der Waals surface area contributed by atoms with Crippen molar-refractivity contribution in [1.82, 2.24) is 5.32 Å². The number of furan rings is 1. The van der Waals surface area contributed by atoms with Crippen molar-refractivity contribution in [3.8, 4) is 5.75 Å². The molecule has 114 valence electrons. The maximum atomic E-state index is 13.2. The highest BCUT2D eigenvalue weighted by Crippen LogP contribution is 2.22. The van der Waals surface area contributed by atoms with Crippen molar-refractivity contribution < 1.29 is 13.5 Å². The minimum absolute atomic E-state index is 0.288.